The van der Waals surface area contributed by atoms with E-state index in [-0.39, 0.29) is 12.2 Å². The van der Waals surface area contributed by atoms with E-state index in [2.05, 4.69) is 4.99 Å². The average molecular weight is 441 g/mol. The molecule has 0 bridgehead atoms. The van der Waals surface area contributed by atoms with Crippen LogP contribution in [0.1, 0.15) is 30.3 Å². The predicted octanol–water partition coefficient (Wildman–Crippen LogP) is 2.87. The molecule has 0 radical (unpaired) electrons. The lowest BCUT2D eigenvalue weighted by Crippen LogP contribution is -2.39. The normalized spacial score (nSPS) is 16.2. The van der Waals surface area contributed by atoms with Crippen molar-refractivity contribution in [1.29, 1.82) is 0 Å². The molecule has 2 aromatic heterocycles. The first-order chi connectivity index (χ1) is 14.5. The summed E-state index contributed by atoms with van der Waals surface area (Å²) < 4.78 is 12.6. The van der Waals surface area contributed by atoms with Gasteiger partial charge in [-0.25, -0.2) is 9.79 Å². The van der Waals surface area contributed by atoms with Crippen LogP contribution in [0.3, 0.4) is 0 Å². The highest BCUT2D eigenvalue weighted by Crippen LogP contribution is 2.33. The van der Waals surface area contributed by atoms with Crippen LogP contribution in [0.4, 0.5) is 0 Å². The fourth-order valence-electron chi connectivity index (χ4n) is 3.36. The van der Waals surface area contributed by atoms with E-state index in [0.717, 1.165) is 16.2 Å². The van der Waals surface area contributed by atoms with Crippen molar-refractivity contribution in [2.24, 2.45) is 4.99 Å². The second-order valence-corrected chi connectivity index (χ2v) is 8.58. The maximum atomic E-state index is 13.4. The fraction of sp³-hybridized carbons (Fsp3) is 0.227. The molecule has 1 aromatic carbocycles. The third-order valence-electron chi connectivity index (χ3n) is 4.74. The van der Waals surface area contributed by atoms with E-state index >= 15 is 0 Å². The first-order valence-corrected chi connectivity index (χ1v) is 11.1. The standard InChI is InChI=1S/C22H20N2O4S2/c1-4-28-21(26)18-13(2)23-22-24(19(18)16-6-5-11-29-16)20(25)17(30-22)12-14-7-9-15(27-3)10-8-14/h5-12,19H,4H2,1-3H3/b17-12-/t19-/m1/s1. The summed E-state index contributed by atoms with van der Waals surface area (Å²) in [4.78, 5) is 32.1. The van der Waals surface area contributed by atoms with Gasteiger partial charge in [-0.2, -0.15) is 0 Å². The number of ether oxygens (including phenoxy) is 2. The second-order valence-electron chi connectivity index (χ2n) is 6.59. The molecular weight excluding hydrogens is 420 g/mol. The average Bonchev–Trinajstić information content (AvgIpc) is 3.37. The number of carbonyl (C=O) groups is 1. The van der Waals surface area contributed by atoms with Crippen molar-refractivity contribution in [2.45, 2.75) is 19.9 Å². The number of benzene rings is 1. The molecule has 6 nitrogen and oxygen atoms in total. The molecule has 0 saturated heterocycles. The van der Waals surface area contributed by atoms with Crippen molar-refractivity contribution in [3.8, 4) is 5.75 Å². The number of thiazole rings is 1. The molecule has 154 valence electrons. The number of nitrogens with zero attached hydrogens (tertiary/aromatic N) is 2. The van der Waals surface area contributed by atoms with Crippen LogP contribution in [-0.4, -0.2) is 24.3 Å². The Morgan fingerprint density at radius 2 is 2.03 bits per heavy atom. The number of rotatable bonds is 5. The Morgan fingerprint density at radius 3 is 2.67 bits per heavy atom. The van der Waals surface area contributed by atoms with E-state index in [1.54, 1.807) is 25.5 Å². The van der Waals surface area contributed by atoms with Crippen LogP contribution in [0.2, 0.25) is 0 Å². The van der Waals surface area contributed by atoms with Gasteiger partial charge in [0.2, 0.25) is 0 Å². The zero-order valence-electron chi connectivity index (χ0n) is 16.7. The zero-order valence-corrected chi connectivity index (χ0v) is 18.4. The zero-order chi connectivity index (χ0) is 21.3. The van der Waals surface area contributed by atoms with E-state index in [9.17, 15) is 9.59 Å². The van der Waals surface area contributed by atoms with Crippen LogP contribution in [0.5, 0.6) is 5.75 Å². The number of hydrogen-bond donors (Lipinski definition) is 0. The van der Waals surface area contributed by atoms with Crippen LogP contribution >= 0.6 is 22.7 Å². The van der Waals surface area contributed by atoms with Crippen molar-refractivity contribution in [3.63, 3.8) is 0 Å². The Morgan fingerprint density at radius 1 is 1.27 bits per heavy atom. The van der Waals surface area contributed by atoms with Gasteiger partial charge < -0.3 is 9.47 Å². The minimum atomic E-state index is -0.543. The van der Waals surface area contributed by atoms with Crippen molar-refractivity contribution < 1.29 is 14.3 Å². The Labute approximate surface area is 181 Å². The maximum Gasteiger partial charge on any atom is 0.338 e. The summed E-state index contributed by atoms with van der Waals surface area (Å²) in [6.07, 6.45) is 1.83. The predicted molar refractivity (Wildman–Crippen MR) is 118 cm³/mol. The third kappa shape index (κ3) is 3.64. The molecular formula is C22H20N2O4S2. The van der Waals surface area contributed by atoms with Gasteiger partial charge in [0.05, 0.1) is 29.5 Å². The lowest BCUT2D eigenvalue weighted by Gasteiger charge is -2.23. The van der Waals surface area contributed by atoms with E-state index in [1.165, 1.54) is 22.7 Å². The molecule has 0 unspecified atom stereocenters. The topological polar surface area (TPSA) is 69.9 Å². The summed E-state index contributed by atoms with van der Waals surface area (Å²) in [6, 6.07) is 10.8. The van der Waals surface area contributed by atoms with Crippen LogP contribution in [0, 0.1) is 0 Å². The van der Waals surface area contributed by atoms with Crippen molar-refractivity contribution in [2.75, 3.05) is 13.7 Å². The summed E-state index contributed by atoms with van der Waals surface area (Å²) >= 11 is 2.81. The molecule has 0 amide bonds. The van der Waals surface area contributed by atoms with Crippen molar-refractivity contribution in [3.05, 3.63) is 83.2 Å². The number of fused-ring (bicyclic) bond motifs is 1. The highest BCUT2D eigenvalue weighted by molar-refractivity contribution is 7.10. The highest BCUT2D eigenvalue weighted by atomic mass is 32.1. The molecule has 8 heteroatoms. The first kappa shape index (κ1) is 20.3. The fourth-order valence-corrected chi connectivity index (χ4v) is 5.23. The van der Waals surface area contributed by atoms with Crippen LogP contribution < -0.4 is 19.6 Å². The molecule has 0 fully saturated rings. The number of esters is 1. The van der Waals surface area contributed by atoms with Crippen LogP contribution in [0.25, 0.3) is 6.08 Å². The summed E-state index contributed by atoms with van der Waals surface area (Å²) in [6.45, 7) is 3.81. The summed E-state index contributed by atoms with van der Waals surface area (Å²) in [5.41, 5.74) is 1.68. The Balaban J connectivity index is 1.90. The van der Waals surface area contributed by atoms with Gasteiger partial charge in [0.25, 0.3) is 5.56 Å². The number of aromatic nitrogens is 1. The Kier molecular flexibility index (Phi) is 5.69. The molecule has 0 aliphatic carbocycles. The second kappa shape index (κ2) is 8.41. The SMILES string of the molecule is CCOC(=O)C1=C(C)N=c2s/c(=C\c3ccc(OC)cc3)c(=O)n2[C@@H]1c1cccs1. The number of allylic oxidation sites excluding steroid dienone is 1. The van der Waals surface area contributed by atoms with E-state index in [0.29, 0.717) is 20.6 Å². The van der Waals surface area contributed by atoms with Crippen LogP contribution in [-0.2, 0) is 9.53 Å². The van der Waals surface area contributed by atoms with Gasteiger partial charge in [-0.05, 0) is 49.1 Å². The lowest BCUT2D eigenvalue weighted by molar-refractivity contribution is -0.139. The highest BCUT2D eigenvalue weighted by Gasteiger charge is 2.33. The molecule has 0 spiro atoms. The molecule has 0 N–H and O–H groups in total. The molecule has 0 saturated carbocycles. The van der Waals surface area contributed by atoms with Gasteiger partial charge in [0, 0.05) is 4.88 Å². The number of hydrogen-bond acceptors (Lipinski definition) is 7. The summed E-state index contributed by atoms with van der Waals surface area (Å²) in [5, 5.41) is 1.93. The molecule has 4 rings (SSSR count). The molecule has 3 aromatic rings. The quantitative estimate of drug-likeness (QED) is 0.572. The minimum Gasteiger partial charge on any atom is -0.497 e. The summed E-state index contributed by atoms with van der Waals surface area (Å²) in [5.74, 6) is 0.308. The number of methoxy groups -OCH3 is 1. The molecule has 1 aliphatic heterocycles. The summed E-state index contributed by atoms with van der Waals surface area (Å²) in [7, 11) is 1.61. The Bertz CT molecular complexity index is 1280. The Hall–Kier alpha value is -2.97. The van der Waals surface area contributed by atoms with Crippen LogP contribution in [0.15, 0.2) is 62.8 Å². The van der Waals surface area contributed by atoms with E-state index in [1.807, 2.05) is 47.9 Å². The van der Waals surface area contributed by atoms with Gasteiger partial charge in [-0.3, -0.25) is 9.36 Å². The molecule has 30 heavy (non-hydrogen) atoms. The van der Waals surface area contributed by atoms with Gasteiger partial charge in [0.15, 0.2) is 4.80 Å². The molecule has 1 aliphatic rings. The van der Waals surface area contributed by atoms with Crippen molar-refractivity contribution in [1.82, 2.24) is 4.57 Å². The molecule has 1 atom stereocenters. The maximum absolute atomic E-state index is 13.4. The van der Waals surface area contributed by atoms with Gasteiger partial charge in [-0.15, -0.1) is 11.3 Å². The monoisotopic (exact) mass is 440 g/mol. The van der Waals surface area contributed by atoms with Gasteiger partial charge >= 0.3 is 5.97 Å². The van der Waals surface area contributed by atoms with Crippen molar-refractivity contribution >= 4 is 34.7 Å². The lowest BCUT2D eigenvalue weighted by atomic mass is 10.0. The largest absolute Gasteiger partial charge is 0.497 e. The van der Waals surface area contributed by atoms with E-state index < -0.39 is 12.0 Å². The first-order valence-electron chi connectivity index (χ1n) is 9.40. The number of carbonyl (C=O) groups excluding carboxylic acids is 1. The minimum absolute atomic E-state index is 0.178. The third-order valence-corrected chi connectivity index (χ3v) is 6.65. The molecule has 3 heterocycles. The van der Waals surface area contributed by atoms with Gasteiger partial charge in [-0.1, -0.05) is 29.5 Å². The number of thiophene rings is 1. The smallest absolute Gasteiger partial charge is 0.338 e. The van der Waals surface area contributed by atoms with Gasteiger partial charge in [0.1, 0.15) is 11.8 Å². The van der Waals surface area contributed by atoms with E-state index in [4.69, 9.17) is 9.47 Å².